The molecule has 6 heteroatoms. The van der Waals surface area contributed by atoms with Gasteiger partial charge in [-0.2, -0.15) is 0 Å². The monoisotopic (exact) mass is 340 g/mol. The van der Waals surface area contributed by atoms with Crippen LogP contribution in [0.3, 0.4) is 0 Å². The maximum atomic E-state index is 13.3. The molecule has 0 spiro atoms. The highest BCUT2D eigenvalue weighted by molar-refractivity contribution is 7.19. The van der Waals surface area contributed by atoms with Crippen LogP contribution in [0.15, 0.2) is 42.5 Å². The maximum Gasteiger partial charge on any atom is 0.124 e. The Balaban J connectivity index is 2.11. The minimum absolute atomic E-state index is 0.256. The second-order valence-corrected chi connectivity index (χ2v) is 6.47. The minimum Gasteiger partial charge on any atom is -0.271 e. The fraction of sp³-hybridized carbons (Fsp3) is 0.0667. The highest BCUT2D eigenvalue weighted by Gasteiger charge is 2.19. The molecule has 1 atom stereocenters. The lowest BCUT2D eigenvalue weighted by molar-refractivity contribution is 0.630. The Kier molecular flexibility index (Phi) is 4.15. The van der Waals surface area contributed by atoms with Crippen LogP contribution in [0.25, 0.3) is 10.1 Å². The van der Waals surface area contributed by atoms with E-state index < -0.39 is 0 Å². The van der Waals surface area contributed by atoms with Gasteiger partial charge in [0.05, 0.1) is 16.1 Å². The first-order valence-electron chi connectivity index (χ1n) is 6.19. The molecule has 21 heavy (non-hydrogen) atoms. The van der Waals surface area contributed by atoms with Gasteiger partial charge in [-0.1, -0.05) is 41.4 Å². The third kappa shape index (κ3) is 2.78. The van der Waals surface area contributed by atoms with Crippen molar-refractivity contribution in [2.45, 2.75) is 6.04 Å². The summed E-state index contributed by atoms with van der Waals surface area (Å²) in [4.78, 5) is 0.947. The second kappa shape index (κ2) is 5.91. The van der Waals surface area contributed by atoms with E-state index in [1.807, 2.05) is 18.2 Å². The van der Waals surface area contributed by atoms with Gasteiger partial charge in [0.2, 0.25) is 0 Å². The van der Waals surface area contributed by atoms with Gasteiger partial charge in [-0.15, -0.1) is 11.3 Å². The highest BCUT2D eigenvalue weighted by Crippen LogP contribution is 2.37. The van der Waals surface area contributed by atoms with Crippen molar-refractivity contribution in [2.24, 2.45) is 5.84 Å². The highest BCUT2D eigenvalue weighted by atomic mass is 35.5. The van der Waals surface area contributed by atoms with Crippen molar-refractivity contribution >= 4 is 44.6 Å². The number of hydrogen-bond acceptors (Lipinski definition) is 3. The van der Waals surface area contributed by atoms with Crippen molar-refractivity contribution in [2.75, 3.05) is 0 Å². The molecule has 2 nitrogen and oxygen atoms in total. The number of nitrogens with two attached hydrogens (primary N) is 1. The molecule has 0 amide bonds. The second-order valence-electron chi connectivity index (χ2n) is 4.57. The summed E-state index contributed by atoms with van der Waals surface area (Å²) in [6, 6.07) is 11.8. The average molecular weight is 341 g/mol. The van der Waals surface area contributed by atoms with Gasteiger partial charge in [0.15, 0.2) is 0 Å². The Bertz CT molecular complexity index is 803. The maximum absolute atomic E-state index is 13.3. The van der Waals surface area contributed by atoms with E-state index in [2.05, 4.69) is 5.43 Å². The van der Waals surface area contributed by atoms with Crippen LogP contribution in [0.1, 0.15) is 16.5 Å². The third-order valence-corrected chi connectivity index (χ3v) is 5.24. The third-order valence-electron chi connectivity index (χ3n) is 3.24. The summed E-state index contributed by atoms with van der Waals surface area (Å²) in [6.07, 6.45) is 0. The number of fused-ring (bicyclic) bond motifs is 1. The van der Waals surface area contributed by atoms with E-state index in [-0.39, 0.29) is 11.9 Å². The molecule has 0 saturated carbocycles. The molecular formula is C15H11Cl2FN2S. The molecule has 0 fully saturated rings. The average Bonchev–Trinajstić information content (AvgIpc) is 2.87. The molecule has 0 saturated heterocycles. The lowest BCUT2D eigenvalue weighted by Gasteiger charge is -2.16. The molecule has 3 rings (SSSR count). The number of hydrazine groups is 1. The minimum atomic E-state index is -0.295. The summed E-state index contributed by atoms with van der Waals surface area (Å²) >= 11 is 13.8. The molecule has 108 valence electrons. The molecule has 1 unspecified atom stereocenters. The predicted octanol–water partition coefficient (Wildman–Crippen LogP) is 4.90. The SMILES string of the molecule is NNC(c1cc2ccc(F)cc2s1)c1cccc(Cl)c1Cl. The number of thiophene rings is 1. The van der Waals surface area contributed by atoms with E-state index >= 15 is 0 Å². The molecule has 1 heterocycles. The predicted molar refractivity (Wildman–Crippen MR) is 87.4 cm³/mol. The standard InChI is InChI=1S/C15H11Cl2FN2S/c16-11-3-1-2-10(14(11)17)15(20-19)13-6-8-4-5-9(18)7-12(8)21-13/h1-7,15,20H,19H2. The number of hydrogen-bond donors (Lipinski definition) is 2. The largest absolute Gasteiger partial charge is 0.271 e. The Hall–Kier alpha value is -1.17. The molecule has 1 aromatic heterocycles. The normalized spacial score (nSPS) is 12.8. The van der Waals surface area contributed by atoms with Crippen molar-refractivity contribution < 1.29 is 4.39 Å². The van der Waals surface area contributed by atoms with Gasteiger partial charge < -0.3 is 0 Å². The zero-order valence-corrected chi connectivity index (χ0v) is 13.1. The number of halogens is 3. The lowest BCUT2D eigenvalue weighted by atomic mass is 10.1. The van der Waals surface area contributed by atoms with E-state index in [0.29, 0.717) is 10.0 Å². The Labute approximate surface area is 135 Å². The number of rotatable bonds is 3. The van der Waals surface area contributed by atoms with Crippen LogP contribution in [0.2, 0.25) is 10.0 Å². The molecule has 0 aliphatic rings. The van der Waals surface area contributed by atoms with E-state index in [4.69, 9.17) is 29.0 Å². The van der Waals surface area contributed by atoms with Gasteiger partial charge in [-0.3, -0.25) is 5.84 Å². The number of benzene rings is 2. The van der Waals surface area contributed by atoms with E-state index in [9.17, 15) is 4.39 Å². The number of nitrogens with one attached hydrogen (secondary N) is 1. The van der Waals surface area contributed by atoms with Crippen molar-refractivity contribution in [1.82, 2.24) is 5.43 Å². The summed E-state index contributed by atoms with van der Waals surface area (Å²) in [7, 11) is 0. The molecule has 0 bridgehead atoms. The van der Waals surface area contributed by atoms with Crippen LogP contribution < -0.4 is 11.3 Å². The smallest absolute Gasteiger partial charge is 0.124 e. The summed E-state index contributed by atoms with van der Waals surface area (Å²) < 4.78 is 14.2. The summed E-state index contributed by atoms with van der Waals surface area (Å²) in [6.45, 7) is 0. The molecule has 0 aliphatic carbocycles. The van der Waals surface area contributed by atoms with Crippen LogP contribution in [-0.2, 0) is 0 Å². The zero-order valence-electron chi connectivity index (χ0n) is 10.7. The Morgan fingerprint density at radius 1 is 1.14 bits per heavy atom. The Morgan fingerprint density at radius 2 is 1.95 bits per heavy atom. The Morgan fingerprint density at radius 3 is 2.71 bits per heavy atom. The van der Waals surface area contributed by atoms with Crippen LogP contribution in [0.5, 0.6) is 0 Å². The van der Waals surface area contributed by atoms with Crippen molar-refractivity contribution in [3.8, 4) is 0 Å². The van der Waals surface area contributed by atoms with Crippen molar-refractivity contribution in [1.29, 1.82) is 0 Å². The van der Waals surface area contributed by atoms with Crippen molar-refractivity contribution in [3.05, 3.63) is 68.8 Å². The van der Waals surface area contributed by atoms with Crippen LogP contribution in [-0.4, -0.2) is 0 Å². The summed E-state index contributed by atoms with van der Waals surface area (Å²) in [5, 5.41) is 1.90. The molecule has 0 aliphatic heterocycles. The van der Waals surface area contributed by atoms with E-state index in [1.165, 1.54) is 23.5 Å². The van der Waals surface area contributed by atoms with Gasteiger partial charge >= 0.3 is 0 Å². The van der Waals surface area contributed by atoms with Gasteiger partial charge in [0.1, 0.15) is 5.82 Å². The fourth-order valence-corrected chi connectivity index (χ4v) is 3.82. The van der Waals surface area contributed by atoms with Crippen LogP contribution in [0.4, 0.5) is 4.39 Å². The van der Waals surface area contributed by atoms with Crippen molar-refractivity contribution in [3.63, 3.8) is 0 Å². The van der Waals surface area contributed by atoms with Gasteiger partial charge in [0.25, 0.3) is 0 Å². The molecule has 0 radical (unpaired) electrons. The quantitative estimate of drug-likeness (QED) is 0.525. The lowest BCUT2D eigenvalue weighted by Crippen LogP contribution is -2.28. The molecular weight excluding hydrogens is 330 g/mol. The van der Waals surface area contributed by atoms with Gasteiger partial charge in [-0.05, 0) is 35.2 Å². The van der Waals surface area contributed by atoms with Crippen LogP contribution >= 0.6 is 34.5 Å². The first-order chi connectivity index (χ1) is 10.1. The zero-order chi connectivity index (χ0) is 15.0. The molecule has 3 aromatic rings. The van der Waals surface area contributed by atoms with Gasteiger partial charge in [0, 0.05) is 9.58 Å². The van der Waals surface area contributed by atoms with Crippen LogP contribution in [0, 0.1) is 5.82 Å². The van der Waals surface area contributed by atoms with E-state index in [1.54, 1.807) is 12.1 Å². The summed E-state index contributed by atoms with van der Waals surface area (Å²) in [5.74, 6) is 5.43. The summed E-state index contributed by atoms with van der Waals surface area (Å²) in [5.41, 5.74) is 3.54. The first-order valence-corrected chi connectivity index (χ1v) is 7.76. The molecule has 2 aromatic carbocycles. The first kappa shape index (κ1) is 14.8. The van der Waals surface area contributed by atoms with Gasteiger partial charge in [-0.25, -0.2) is 9.82 Å². The molecule has 3 N–H and O–H groups in total. The van der Waals surface area contributed by atoms with E-state index in [0.717, 1.165) is 20.5 Å². The topological polar surface area (TPSA) is 38.0 Å². The fourth-order valence-electron chi connectivity index (χ4n) is 2.24.